The van der Waals surface area contributed by atoms with Crippen LogP contribution in [0, 0.1) is 0 Å². The van der Waals surface area contributed by atoms with E-state index in [0.29, 0.717) is 36.6 Å². The van der Waals surface area contributed by atoms with Gasteiger partial charge in [-0.05, 0) is 63.5 Å². The van der Waals surface area contributed by atoms with E-state index in [1.807, 2.05) is 51.1 Å². The van der Waals surface area contributed by atoms with Gasteiger partial charge >= 0.3 is 0 Å². The fourth-order valence-corrected chi connectivity index (χ4v) is 6.05. The molecule has 0 spiro atoms. The average Bonchev–Trinajstić information content (AvgIpc) is 3.01. The van der Waals surface area contributed by atoms with Crippen LogP contribution in [0.25, 0.3) is 10.8 Å². The van der Waals surface area contributed by atoms with Crippen LogP contribution in [0.15, 0.2) is 66.7 Å². The third-order valence-corrected chi connectivity index (χ3v) is 8.19. The summed E-state index contributed by atoms with van der Waals surface area (Å²) in [7, 11) is 0. The summed E-state index contributed by atoms with van der Waals surface area (Å²) in [5.41, 5.74) is 11.8. The van der Waals surface area contributed by atoms with Crippen molar-refractivity contribution in [3.05, 3.63) is 77.9 Å². The molecule has 0 aromatic heterocycles. The molecule has 1 aliphatic rings. The van der Waals surface area contributed by atoms with Crippen LogP contribution in [-0.4, -0.2) is 80.1 Å². The van der Waals surface area contributed by atoms with E-state index in [1.54, 1.807) is 35.2 Å². The summed E-state index contributed by atoms with van der Waals surface area (Å²) in [5, 5.41) is 27.3. The van der Waals surface area contributed by atoms with Crippen LogP contribution < -0.4 is 16.8 Å². The Hall–Kier alpha value is -4.32. The van der Waals surface area contributed by atoms with Gasteiger partial charge in [-0.3, -0.25) is 29.0 Å². The average molecular weight is 632 g/mol. The van der Waals surface area contributed by atoms with Gasteiger partial charge in [0.25, 0.3) is 5.91 Å². The van der Waals surface area contributed by atoms with Crippen molar-refractivity contribution in [2.75, 3.05) is 6.54 Å². The quantitative estimate of drug-likeness (QED) is 0.214. The van der Waals surface area contributed by atoms with Gasteiger partial charge in [0.15, 0.2) is 0 Å². The number of amides is 4. The highest BCUT2D eigenvalue weighted by atomic mass is 16.3. The summed E-state index contributed by atoms with van der Waals surface area (Å²) in [4.78, 5) is 56.8. The number of likely N-dealkylation sites (tertiary alicyclic amines) is 1. The molecule has 46 heavy (non-hydrogen) atoms. The molecule has 1 heterocycles. The van der Waals surface area contributed by atoms with Crippen molar-refractivity contribution in [3.63, 3.8) is 0 Å². The van der Waals surface area contributed by atoms with E-state index in [-0.39, 0.29) is 23.6 Å². The summed E-state index contributed by atoms with van der Waals surface area (Å²) in [5.74, 6) is -3.37. The highest BCUT2D eigenvalue weighted by Gasteiger charge is 2.46. The number of piperidine rings is 1. The van der Waals surface area contributed by atoms with Crippen molar-refractivity contribution in [3.8, 4) is 5.75 Å². The first-order valence-corrected chi connectivity index (χ1v) is 15.7. The summed E-state index contributed by atoms with van der Waals surface area (Å²) in [6.45, 7) is 5.86. The second-order valence-electron chi connectivity index (χ2n) is 13.0. The number of hydrogen-bond acceptors (Lipinski definition) is 8. The van der Waals surface area contributed by atoms with Gasteiger partial charge in [-0.15, -0.1) is 0 Å². The van der Waals surface area contributed by atoms with Crippen LogP contribution in [-0.2, 0) is 20.8 Å². The van der Waals surface area contributed by atoms with E-state index in [9.17, 15) is 29.4 Å². The minimum absolute atomic E-state index is 0.130. The number of nitrogens with two attached hydrogens (primary N) is 2. The van der Waals surface area contributed by atoms with E-state index in [0.717, 1.165) is 16.9 Å². The molecule has 7 N–H and O–H groups in total. The van der Waals surface area contributed by atoms with Crippen LogP contribution in [0.4, 0.5) is 0 Å². The Balaban J connectivity index is 1.86. The number of rotatable bonds is 11. The Bertz CT molecular complexity index is 1560. The molecule has 0 saturated carbocycles. The molecule has 11 nitrogen and oxygen atoms in total. The smallest absolute Gasteiger partial charge is 0.265 e. The third kappa shape index (κ3) is 8.28. The van der Waals surface area contributed by atoms with Crippen LogP contribution in [0.1, 0.15) is 68.8 Å². The van der Waals surface area contributed by atoms with E-state index in [1.165, 1.54) is 6.07 Å². The topological polar surface area (TPSA) is 179 Å². The lowest BCUT2D eigenvalue weighted by atomic mass is 9.95. The van der Waals surface area contributed by atoms with Gasteiger partial charge in [-0.1, -0.05) is 67.1 Å². The third-order valence-electron chi connectivity index (χ3n) is 8.19. The number of imide groups is 1. The van der Waals surface area contributed by atoms with Crippen molar-refractivity contribution in [2.45, 2.75) is 89.2 Å². The van der Waals surface area contributed by atoms with Crippen LogP contribution >= 0.6 is 0 Å². The van der Waals surface area contributed by atoms with Gasteiger partial charge in [0.2, 0.25) is 17.7 Å². The number of aliphatic hydroxyl groups excluding tert-OH is 1. The lowest BCUT2D eigenvalue weighted by Gasteiger charge is -2.47. The molecule has 1 unspecified atom stereocenters. The molecule has 11 heteroatoms. The molecule has 4 rings (SSSR count). The van der Waals surface area contributed by atoms with Crippen molar-refractivity contribution in [1.29, 1.82) is 0 Å². The maximum absolute atomic E-state index is 14.5. The number of carbonyl (C=O) groups is 4. The van der Waals surface area contributed by atoms with Crippen molar-refractivity contribution >= 4 is 34.4 Å². The van der Waals surface area contributed by atoms with Gasteiger partial charge in [0, 0.05) is 17.5 Å². The van der Waals surface area contributed by atoms with E-state index in [4.69, 9.17) is 11.5 Å². The SMILES string of the molecule is CC(C)(C)NC(=O)[C@@H]1CCCCN1C([C@H](O)CCc1ccccc1)N(C(=O)c1ccc2ccccc2c1O)C(=O)[C@@H](N)CC(N)=O. The van der Waals surface area contributed by atoms with E-state index >= 15 is 0 Å². The number of nitrogens with one attached hydrogen (secondary N) is 1. The molecule has 4 atom stereocenters. The van der Waals surface area contributed by atoms with Crippen LogP contribution in [0.3, 0.4) is 0 Å². The maximum atomic E-state index is 14.5. The number of primary amides is 1. The van der Waals surface area contributed by atoms with Gasteiger partial charge in [0.05, 0.1) is 30.2 Å². The molecule has 3 aromatic rings. The van der Waals surface area contributed by atoms with Crippen LogP contribution in [0.5, 0.6) is 5.75 Å². The molecule has 1 aliphatic heterocycles. The van der Waals surface area contributed by atoms with Gasteiger partial charge < -0.3 is 27.0 Å². The zero-order chi connectivity index (χ0) is 33.6. The number of phenolic OH excluding ortho intramolecular Hbond substituents is 1. The highest BCUT2D eigenvalue weighted by Crippen LogP contribution is 2.33. The fraction of sp³-hybridized carbons (Fsp3) is 0.429. The fourth-order valence-electron chi connectivity index (χ4n) is 6.05. The minimum Gasteiger partial charge on any atom is -0.506 e. The second kappa shape index (κ2) is 14.8. The number of benzene rings is 3. The first-order valence-electron chi connectivity index (χ1n) is 15.7. The predicted octanol–water partition coefficient (Wildman–Crippen LogP) is 2.81. The Labute approximate surface area is 269 Å². The number of aromatic hydroxyl groups is 1. The molecule has 3 aromatic carbocycles. The highest BCUT2D eigenvalue weighted by molar-refractivity contribution is 6.11. The molecule has 0 bridgehead atoms. The Morgan fingerprint density at radius 1 is 1.00 bits per heavy atom. The maximum Gasteiger partial charge on any atom is 0.265 e. The van der Waals surface area contributed by atoms with Gasteiger partial charge in [-0.2, -0.15) is 0 Å². The summed E-state index contributed by atoms with van der Waals surface area (Å²) in [6.07, 6.45) is -0.905. The van der Waals surface area contributed by atoms with Crippen molar-refractivity contribution in [1.82, 2.24) is 15.1 Å². The Morgan fingerprint density at radius 2 is 1.67 bits per heavy atom. The number of phenols is 1. The zero-order valence-electron chi connectivity index (χ0n) is 26.7. The molecule has 246 valence electrons. The largest absolute Gasteiger partial charge is 0.506 e. The molecule has 4 amide bonds. The molecule has 1 saturated heterocycles. The number of fused-ring (bicyclic) bond motifs is 1. The first kappa shape index (κ1) is 34.6. The molecular formula is C35H45N5O6. The Morgan fingerprint density at radius 3 is 2.35 bits per heavy atom. The number of hydrogen-bond donors (Lipinski definition) is 5. The summed E-state index contributed by atoms with van der Waals surface area (Å²) in [6, 6.07) is 17.1. The first-order chi connectivity index (χ1) is 21.8. The number of nitrogens with zero attached hydrogens (tertiary/aromatic N) is 2. The lowest BCUT2D eigenvalue weighted by molar-refractivity contribution is -0.149. The summed E-state index contributed by atoms with van der Waals surface area (Å²) >= 11 is 0. The van der Waals surface area contributed by atoms with Gasteiger partial charge in [0.1, 0.15) is 11.9 Å². The van der Waals surface area contributed by atoms with E-state index < -0.39 is 54.0 Å². The molecule has 1 fully saturated rings. The van der Waals surface area contributed by atoms with E-state index in [2.05, 4.69) is 5.32 Å². The monoisotopic (exact) mass is 631 g/mol. The second-order valence-corrected chi connectivity index (χ2v) is 13.0. The lowest BCUT2D eigenvalue weighted by Crippen LogP contribution is -2.67. The standard InChI is InChI=1S/C35H45N5O6/c1-35(2,3)38-31(44)27-15-9-10-20-39(27)32(28(41)19-16-22-11-5-4-6-12-22)40(34(46)26(36)21-29(37)42)33(45)25-18-17-23-13-7-8-14-24(23)30(25)43/h4-8,11-14,17-18,26-28,32,41,43H,9-10,15-16,19-21,36H2,1-3H3,(H2,37,42)(H,38,44)/t26-,27-,28+,32?/m0/s1. The summed E-state index contributed by atoms with van der Waals surface area (Å²) < 4.78 is 0. The van der Waals surface area contributed by atoms with Crippen molar-refractivity contribution in [2.24, 2.45) is 11.5 Å². The molecule has 0 aliphatic carbocycles. The molecular weight excluding hydrogens is 586 g/mol. The van der Waals surface area contributed by atoms with Gasteiger partial charge in [-0.25, -0.2) is 0 Å². The number of carbonyl (C=O) groups excluding carboxylic acids is 4. The zero-order valence-corrected chi connectivity index (χ0v) is 26.7. The Kier molecular flexibility index (Phi) is 11.2. The minimum atomic E-state index is -1.51. The normalized spacial score (nSPS) is 17.5. The number of aryl methyl sites for hydroxylation is 1. The number of aliphatic hydroxyl groups is 1. The molecule has 0 radical (unpaired) electrons. The van der Waals surface area contributed by atoms with Crippen molar-refractivity contribution < 1.29 is 29.4 Å². The predicted molar refractivity (Wildman–Crippen MR) is 175 cm³/mol. The van der Waals surface area contributed by atoms with Crippen LogP contribution in [0.2, 0.25) is 0 Å².